The highest BCUT2D eigenvalue weighted by molar-refractivity contribution is 6.26. The van der Waals surface area contributed by atoms with Gasteiger partial charge in [0.15, 0.2) is 0 Å². The third-order valence-corrected chi connectivity index (χ3v) is 13.6. The van der Waals surface area contributed by atoms with Crippen molar-refractivity contribution < 1.29 is 0 Å². The van der Waals surface area contributed by atoms with E-state index in [0.717, 1.165) is 66.3 Å². The first-order valence-electron chi connectivity index (χ1n) is 22.7. The molecule has 1 atom stereocenters. The Kier molecular flexibility index (Phi) is 9.22. The molecule has 5 aromatic carbocycles. The van der Waals surface area contributed by atoms with Crippen molar-refractivity contribution >= 4 is 77.8 Å². The Hall–Kier alpha value is -7.76. The van der Waals surface area contributed by atoms with Crippen LogP contribution in [0, 0.1) is 5.92 Å². The van der Waals surface area contributed by atoms with E-state index in [1.165, 1.54) is 71.3 Å². The van der Waals surface area contributed by atoms with Gasteiger partial charge in [-0.3, -0.25) is 4.90 Å². The van der Waals surface area contributed by atoms with Gasteiger partial charge < -0.3 is 19.4 Å². The summed E-state index contributed by atoms with van der Waals surface area (Å²) in [6, 6.07) is 40.5. The summed E-state index contributed by atoms with van der Waals surface area (Å²) in [4.78, 5) is 2.50. The number of nitrogens with zero attached hydrogens (tertiary/aromatic N) is 4. The van der Waals surface area contributed by atoms with Gasteiger partial charge >= 0.3 is 0 Å². The number of allylic oxidation sites excluding steroid dienone is 16. The number of anilines is 2. The minimum atomic E-state index is 0.226. The zero-order valence-electron chi connectivity index (χ0n) is 35.9. The molecule has 3 aromatic heterocycles. The Morgan fingerprint density at radius 3 is 2.28 bits per heavy atom. The maximum atomic E-state index is 6.61. The molecule has 5 nitrogen and oxygen atoms in total. The van der Waals surface area contributed by atoms with Crippen LogP contribution >= 0.6 is 0 Å². The molecule has 0 radical (unpaired) electrons. The summed E-state index contributed by atoms with van der Waals surface area (Å²) in [5.74, 6) is 1.36. The summed E-state index contributed by atoms with van der Waals surface area (Å²) in [5, 5.41) is 6.29. The first-order chi connectivity index (χ1) is 31.6. The first-order valence-corrected chi connectivity index (χ1v) is 22.7. The monoisotopic (exact) mass is 827 g/mol. The van der Waals surface area contributed by atoms with Gasteiger partial charge in [-0.15, -0.1) is 0 Å². The zero-order chi connectivity index (χ0) is 42.7. The highest BCUT2D eigenvalue weighted by Gasteiger charge is 2.29. The molecule has 4 heterocycles. The van der Waals surface area contributed by atoms with Gasteiger partial charge in [0.25, 0.3) is 0 Å². The molecular formula is C59H49N5. The van der Waals surface area contributed by atoms with Gasteiger partial charge in [0, 0.05) is 67.7 Å². The van der Waals surface area contributed by atoms with E-state index in [1.807, 2.05) is 0 Å². The summed E-state index contributed by atoms with van der Waals surface area (Å²) >= 11 is 0. The summed E-state index contributed by atoms with van der Waals surface area (Å²) in [5.41, 5.74) is 21.8. The predicted molar refractivity (Wildman–Crippen MR) is 272 cm³/mol. The maximum absolute atomic E-state index is 6.61. The summed E-state index contributed by atoms with van der Waals surface area (Å²) in [7, 11) is 0. The maximum Gasteiger partial charge on any atom is 0.126 e. The quantitative estimate of drug-likeness (QED) is 0.163. The third-order valence-electron chi connectivity index (χ3n) is 13.6. The number of para-hydroxylation sites is 3. The molecule has 8 aromatic rings. The lowest BCUT2D eigenvalue weighted by Gasteiger charge is -2.33. The number of fused-ring (bicyclic) bond motifs is 10. The molecule has 2 N–H and O–H groups in total. The van der Waals surface area contributed by atoms with Gasteiger partial charge in [-0.2, -0.15) is 0 Å². The summed E-state index contributed by atoms with van der Waals surface area (Å²) < 4.78 is 7.49. The molecule has 12 rings (SSSR count). The fraction of sp³-hybridized carbons (Fsp3) is 0.119. The molecule has 4 aliphatic rings. The lowest BCUT2D eigenvalue weighted by molar-refractivity contribution is 0.755. The van der Waals surface area contributed by atoms with Crippen LogP contribution in [0.2, 0.25) is 0 Å². The number of aromatic nitrogens is 3. The van der Waals surface area contributed by atoms with Gasteiger partial charge in [0.1, 0.15) is 5.82 Å². The molecular weight excluding hydrogens is 779 g/mol. The molecule has 3 aliphatic carbocycles. The van der Waals surface area contributed by atoms with Crippen LogP contribution in [0.15, 0.2) is 217 Å². The number of nitrogens with two attached hydrogens (primary N) is 1. The number of rotatable bonds is 7. The largest absolute Gasteiger partial charge is 0.402 e. The van der Waals surface area contributed by atoms with Crippen LogP contribution in [0.1, 0.15) is 37.7 Å². The fourth-order valence-electron chi connectivity index (χ4n) is 10.7. The molecule has 1 unspecified atom stereocenters. The van der Waals surface area contributed by atoms with Crippen molar-refractivity contribution in [2.75, 3.05) is 4.90 Å². The van der Waals surface area contributed by atoms with E-state index >= 15 is 0 Å². The Morgan fingerprint density at radius 1 is 0.672 bits per heavy atom. The van der Waals surface area contributed by atoms with Crippen LogP contribution in [0.5, 0.6) is 0 Å². The highest BCUT2D eigenvalue weighted by atomic mass is 15.3. The minimum absolute atomic E-state index is 0.226. The number of benzene rings is 5. The molecule has 0 saturated carbocycles. The van der Waals surface area contributed by atoms with Crippen molar-refractivity contribution in [3.05, 3.63) is 223 Å². The van der Waals surface area contributed by atoms with Crippen LogP contribution in [-0.2, 0) is 6.54 Å². The minimum Gasteiger partial charge on any atom is -0.402 e. The lowest BCUT2D eigenvalue weighted by atomic mass is 9.92. The van der Waals surface area contributed by atoms with E-state index < -0.39 is 0 Å². The first kappa shape index (κ1) is 38.0. The van der Waals surface area contributed by atoms with E-state index in [1.54, 1.807) is 0 Å². The summed E-state index contributed by atoms with van der Waals surface area (Å²) in [6.45, 7) is 5.31. The van der Waals surface area contributed by atoms with E-state index in [4.69, 9.17) is 5.73 Å². The molecule has 64 heavy (non-hydrogen) atoms. The zero-order valence-corrected chi connectivity index (χ0v) is 35.9. The van der Waals surface area contributed by atoms with Crippen molar-refractivity contribution in [3.63, 3.8) is 0 Å². The molecule has 1 aliphatic heterocycles. The van der Waals surface area contributed by atoms with Crippen molar-refractivity contribution in [1.29, 1.82) is 0 Å². The van der Waals surface area contributed by atoms with Crippen LogP contribution in [-0.4, -0.2) is 13.7 Å². The molecule has 0 bridgehead atoms. The van der Waals surface area contributed by atoms with Crippen molar-refractivity contribution in [1.82, 2.24) is 13.7 Å². The van der Waals surface area contributed by atoms with E-state index in [2.05, 4.69) is 219 Å². The van der Waals surface area contributed by atoms with E-state index in [9.17, 15) is 0 Å². The second kappa shape index (κ2) is 15.5. The van der Waals surface area contributed by atoms with Gasteiger partial charge in [-0.1, -0.05) is 140 Å². The Morgan fingerprint density at radius 2 is 1.45 bits per heavy atom. The Labute approximate surface area is 373 Å². The summed E-state index contributed by atoms with van der Waals surface area (Å²) in [6.07, 6.45) is 35.8. The standard InChI is InChI=1S/C59H49N5/c1-40-34-35-49-47-27-9-12-30-52(47)61(38-17-16-29-51(60)41-19-4-2-5-20-41)59(49)64(53-31-13-8-25-45(40)53)44-24-18-23-43(39-44)62-55-33-15-11-28-50(55)57-56(62)37-36-48-46-26-10-14-32-54(46)63(58(48)57)42-21-6-3-7-22-42/h2-6,9-19,21,23-24,26-37,39,41H,1,7-8,20,22,25,38,60H2/b17-16-,35-34-,51-29-. The molecule has 0 spiro atoms. The third kappa shape index (κ3) is 6.06. The molecule has 0 saturated heterocycles. The normalized spacial score (nSPS) is 18.2. The highest BCUT2D eigenvalue weighted by Crippen LogP contribution is 2.47. The molecule has 0 amide bonds. The number of hydrogen-bond donors (Lipinski definition) is 1. The molecule has 0 fully saturated rings. The van der Waals surface area contributed by atoms with Crippen LogP contribution in [0.25, 0.3) is 72.0 Å². The van der Waals surface area contributed by atoms with Crippen molar-refractivity contribution in [3.8, 4) is 5.69 Å². The van der Waals surface area contributed by atoms with Crippen molar-refractivity contribution in [2.45, 2.75) is 38.6 Å². The second-order valence-electron chi connectivity index (χ2n) is 17.3. The van der Waals surface area contributed by atoms with Gasteiger partial charge in [0.05, 0.1) is 33.3 Å². The van der Waals surface area contributed by atoms with Gasteiger partial charge in [0.2, 0.25) is 0 Å². The lowest BCUT2D eigenvalue weighted by Crippen LogP contribution is -2.23. The second-order valence-corrected chi connectivity index (χ2v) is 17.3. The SMILES string of the molecule is C=C1/C=C\c2c(n(C/C=C\C=C(/N)C3C=CC=CC3)c3ccccc23)N(c2cccc(-n3c4ccccc4c4c5c(ccc43)c3ccccc3n5C3=CC=CCC3)c2)C2=C1CCC=C2. The predicted octanol–water partition coefficient (Wildman–Crippen LogP) is 14.9. The van der Waals surface area contributed by atoms with Crippen molar-refractivity contribution in [2.24, 2.45) is 11.7 Å². The average molecular weight is 828 g/mol. The molecule has 310 valence electrons. The van der Waals surface area contributed by atoms with Gasteiger partial charge in [-0.05, 0) is 104 Å². The number of hydrogen-bond acceptors (Lipinski definition) is 2. The van der Waals surface area contributed by atoms with E-state index in [-0.39, 0.29) is 5.92 Å². The smallest absolute Gasteiger partial charge is 0.126 e. The Bertz CT molecular complexity index is 3540. The average Bonchev–Trinajstić information content (AvgIpc) is 3.98. The molecule has 5 heteroatoms. The van der Waals surface area contributed by atoms with Gasteiger partial charge in [-0.25, -0.2) is 0 Å². The van der Waals surface area contributed by atoms with E-state index in [0.29, 0.717) is 6.54 Å². The van der Waals surface area contributed by atoms with Crippen LogP contribution in [0.4, 0.5) is 11.5 Å². The Balaban J connectivity index is 1.07. The topological polar surface area (TPSA) is 44.0 Å². The fourth-order valence-corrected chi connectivity index (χ4v) is 10.7. The van der Waals surface area contributed by atoms with Crippen LogP contribution in [0.3, 0.4) is 0 Å². The van der Waals surface area contributed by atoms with Crippen LogP contribution < -0.4 is 10.6 Å².